The second kappa shape index (κ2) is 5.69. The SMILES string of the molecule is CCn1cc(Oc2cc(Br)ccc2CBr)cn1. The topological polar surface area (TPSA) is 27.1 Å². The molecular weight excluding hydrogens is 348 g/mol. The molecule has 0 aliphatic heterocycles. The lowest BCUT2D eigenvalue weighted by Gasteiger charge is -2.08. The van der Waals surface area contributed by atoms with Crippen molar-refractivity contribution in [3.63, 3.8) is 0 Å². The monoisotopic (exact) mass is 358 g/mol. The number of nitrogens with zero attached hydrogens (tertiary/aromatic N) is 2. The van der Waals surface area contributed by atoms with Crippen LogP contribution in [0.25, 0.3) is 0 Å². The molecule has 1 aromatic carbocycles. The number of benzene rings is 1. The van der Waals surface area contributed by atoms with Crippen molar-refractivity contribution in [3.8, 4) is 11.5 Å². The van der Waals surface area contributed by atoms with E-state index in [0.717, 1.165) is 33.4 Å². The molecule has 3 nitrogen and oxygen atoms in total. The quantitative estimate of drug-likeness (QED) is 0.758. The van der Waals surface area contributed by atoms with Gasteiger partial charge in [0, 0.05) is 21.9 Å². The molecule has 1 heterocycles. The first-order valence-electron chi connectivity index (χ1n) is 5.27. The van der Waals surface area contributed by atoms with E-state index < -0.39 is 0 Å². The molecule has 0 unspecified atom stereocenters. The summed E-state index contributed by atoms with van der Waals surface area (Å²) >= 11 is 6.89. The highest BCUT2D eigenvalue weighted by Gasteiger charge is 2.06. The molecule has 0 radical (unpaired) electrons. The summed E-state index contributed by atoms with van der Waals surface area (Å²) in [5.41, 5.74) is 1.11. The van der Waals surface area contributed by atoms with Gasteiger partial charge in [-0.1, -0.05) is 37.9 Å². The fourth-order valence-electron chi connectivity index (χ4n) is 1.43. The number of alkyl halides is 1. The highest BCUT2D eigenvalue weighted by Crippen LogP contribution is 2.29. The molecule has 5 heteroatoms. The van der Waals surface area contributed by atoms with Gasteiger partial charge in [-0.3, -0.25) is 4.68 Å². The lowest BCUT2D eigenvalue weighted by molar-refractivity contribution is 0.477. The maximum Gasteiger partial charge on any atom is 0.165 e. The maximum absolute atomic E-state index is 5.82. The average Bonchev–Trinajstić information content (AvgIpc) is 2.77. The molecule has 0 amide bonds. The van der Waals surface area contributed by atoms with Crippen LogP contribution in [-0.4, -0.2) is 9.78 Å². The predicted molar refractivity (Wildman–Crippen MR) is 74.7 cm³/mol. The van der Waals surface area contributed by atoms with Crippen molar-refractivity contribution >= 4 is 31.9 Å². The van der Waals surface area contributed by atoms with E-state index in [1.54, 1.807) is 6.20 Å². The minimum absolute atomic E-state index is 0.757. The largest absolute Gasteiger partial charge is 0.454 e. The van der Waals surface area contributed by atoms with Crippen molar-refractivity contribution in [3.05, 3.63) is 40.6 Å². The number of aryl methyl sites for hydroxylation is 1. The van der Waals surface area contributed by atoms with Crippen LogP contribution in [0.4, 0.5) is 0 Å². The number of aromatic nitrogens is 2. The van der Waals surface area contributed by atoms with Gasteiger partial charge in [0.05, 0.1) is 12.4 Å². The van der Waals surface area contributed by atoms with Crippen LogP contribution >= 0.6 is 31.9 Å². The molecule has 0 bridgehead atoms. The van der Waals surface area contributed by atoms with Gasteiger partial charge in [-0.25, -0.2) is 0 Å². The fraction of sp³-hybridized carbons (Fsp3) is 0.250. The molecule has 0 atom stereocenters. The molecule has 0 N–H and O–H groups in total. The summed E-state index contributed by atoms with van der Waals surface area (Å²) in [6, 6.07) is 5.98. The molecule has 0 aliphatic carbocycles. The van der Waals surface area contributed by atoms with E-state index in [2.05, 4.69) is 37.0 Å². The Morgan fingerprint density at radius 2 is 2.24 bits per heavy atom. The zero-order chi connectivity index (χ0) is 12.3. The summed E-state index contributed by atoms with van der Waals surface area (Å²) in [5.74, 6) is 1.60. The fourth-order valence-corrected chi connectivity index (χ4v) is 2.23. The molecule has 90 valence electrons. The Morgan fingerprint density at radius 1 is 1.41 bits per heavy atom. The van der Waals surface area contributed by atoms with Crippen molar-refractivity contribution in [1.82, 2.24) is 9.78 Å². The number of halogens is 2. The lowest BCUT2D eigenvalue weighted by Crippen LogP contribution is -1.92. The first-order valence-corrected chi connectivity index (χ1v) is 7.19. The third kappa shape index (κ3) is 3.10. The van der Waals surface area contributed by atoms with E-state index in [0.29, 0.717) is 0 Å². The third-order valence-corrected chi connectivity index (χ3v) is 3.43. The van der Waals surface area contributed by atoms with Gasteiger partial charge < -0.3 is 4.74 Å². The molecule has 1 aromatic heterocycles. The van der Waals surface area contributed by atoms with Crippen molar-refractivity contribution in [2.45, 2.75) is 18.8 Å². The van der Waals surface area contributed by atoms with Gasteiger partial charge in [0.25, 0.3) is 0 Å². The Labute approximate surface area is 117 Å². The van der Waals surface area contributed by atoms with Crippen LogP contribution in [0.3, 0.4) is 0 Å². The zero-order valence-corrected chi connectivity index (χ0v) is 12.5. The Morgan fingerprint density at radius 3 is 2.88 bits per heavy atom. The average molecular weight is 360 g/mol. The summed E-state index contributed by atoms with van der Waals surface area (Å²) in [5, 5.41) is 4.94. The van der Waals surface area contributed by atoms with Gasteiger partial charge in [-0.05, 0) is 19.1 Å². The van der Waals surface area contributed by atoms with Crippen molar-refractivity contribution in [2.75, 3.05) is 0 Å². The molecule has 0 fully saturated rings. The van der Waals surface area contributed by atoms with Crippen LogP contribution in [0, 0.1) is 0 Å². The standard InChI is InChI=1S/C12H12Br2N2O/c1-2-16-8-11(7-15-16)17-12-5-10(14)4-3-9(12)6-13/h3-5,7-8H,2,6H2,1H3. The van der Waals surface area contributed by atoms with E-state index in [4.69, 9.17) is 4.74 Å². The zero-order valence-electron chi connectivity index (χ0n) is 9.36. The second-order valence-electron chi connectivity index (χ2n) is 3.52. The molecule has 0 saturated heterocycles. The van der Waals surface area contributed by atoms with Crippen molar-refractivity contribution < 1.29 is 4.74 Å². The number of hydrogen-bond acceptors (Lipinski definition) is 2. The first-order chi connectivity index (χ1) is 8.22. The van der Waals surface area contributed by atoms with Gasteiger partial charge in [-0.15, -0.1) is 0 Å². The molecule has 0 spiro atoms. The lowest BCUT2D eigenvalue weighted by atomic mass is 10.2. The summed E-state index contributed by atoms with van der Waals surface area (Å²) in [7, 11) is 0. The minimum atomic E-state index is 0.757. The van der Waals surface area contributed by atoms with E-state index in [-0.39, 0.29) is 0 Å². The molecule has 2 aromatic rings. The summed E-state index contributed by atoms with van der Waals surface area (Å²) in [4.78, 5) is 0. The van der Waals surface area contributed by atoms with Gasteiger partial charge in [0.15, 0.2) is 5.75 Å². The number of ether oxygens (including phenoxy) is 1. The van der Waals surface area contributed by atoms with E-state index in [1.807, 2.05) is 36.0 Å². The van der Waals surface area contributed by atoms with Crippen LogP contribution in [0.5, 0.6) is 11.5 Å². The second-order valence-corrected chi connectivity index (χ2v) is 5.00. The van der Waals surface area contributed by atoms with Crippen LogP contribution in [0.1, 0.15) is 12.5 Å². The Balaban J connectivity index is 2.25. The summed E-state index contributed by atoms with van der Waals surface area (Å²) < 4.78 is 8.65. The number of rotatable bonds is 4. The Hall–Kier alpha value is -0.810. The van der Waals surface area contributed by atoms with E-state index in [1.165, 1.54) is 0 Å². The van der Waals surface area contributed by atoms with Crippen molar-refractivity contribution in [1.29, 1.82) is 0 Å². The first kappa shape index (κ1) is 12.6. The molecule has 0 aliphatic rings. The van der Waals surface area contributed by atoms with Gasteiger partial charge >= 0.3 is 0 Å². The summed E-state index contributed by atoms with van der Waals surface area (Å²) in [6.07, 6.45) is 3.61. The molecule has 17 heavy (non-hydrogen) atoms. The Kier molecular flexibility index (Phi) is 4.23. The molecular formula is C12H12Br2N2O. The number of hydrogen-bond donors (Lipinski definition) is 0. The minimum Gasteiger partial charge on any atom is -0.454 e. The van der Waals surface area contributed by atoms with Crippen molar-refractivity contribution in [2.24, 2.45) is 0 Å². The van der Waals surface area contributed by atoms with Gasteiger partial charge in [-0.2, -0.15) is 5.10 Å². The normalized spacial score (nSPS) is 10.5. The molecule has 2 rings (SSSR count). The van der Waals surface area contributed by atoms with Crippen LogP contribution in [0.15, 0.2) is 35.1 Å². The van der Waals surface area contributed by atoms with Crippen LogP contribution in [0.2, 0.25) is 0 Å². The summed E-state index contributed by atoms with van der Waals surface area (Å²) in [6.45, 7) is 2.88. The highest BCUT2D eigenvalue weighted by atomic mass is 79.9. The smallest absolute Gasteiger partial charge is 0.165 e. The van der Waals surface area contributed by atoms with Gasteiger partial charge in [0.2, 0.25) is 0 Å². The van der Waals surface area contributed by atoms with E-state index >= 15 is 0 Å². The Bertz CT molecular complexity index is 511. The molecule has 0 saturated carbocycles. The third-order valence-electron chi connectivity index (χ3n) is 2.33. The van der Waals surface area contributed by atoms with Gasteiger partial charge in [0.1, 0.15) is 5.75 Å². The van der Waals surface area contributed by atoms with Crippen LogP contribution < -0.4 is 4.74 Å². The highest BCUT2D eigenvalue weighted by molar-refractivity contribution is 9.10. The van der Waals surface area contributed by atoms with Crippen LogP contribution in [-0.2, 0) is 11.9 Å². The predicted octanol–water partition coefficient (Wildman–Crippen LogP) is 4.35. The maximum atomic E-state index is 5.82. The van der Waals surface area contributed by atoms with E-state index in [9.17, 15) is 0 Å².